The van der Waals surface area contributed by atoms with Crippen LogP contribution in [0.3, 0.4) is 0 Å². The molecule has 330 valence electrons. The van der Waals surface area contributed by atoms with E-state index in [0.29, 0.717) is 0 Å². The van der Waals surface area contributed by atoms with Crippen LogP contribution in [0.25, 0.3) is 121 Å². The van der Waals surface area contributed by atoms with Crippen molar-refractivity contribution < 1.29 is 0 Å². The SMILES string of the molecule is c1ccc(-c2ccc(N(c3ccc(-c4ccccc4)cc3)c3cc4c5c(c3)-n3c6ccc7cccc8c7c6c6c(ccc(c63)B5c3cccc5c6c7ccccc7ccc6n-4c35)-c3ccccc3-8)cc2)cc1. The van der Waals surface area contributed by atoms with Crippen molar-refractivity contribution in [2.24, 2.45) is 0 Å². The van der Waals surface area contributed by atoms with E-state index in [1.54, 1.807) is 0 Å². The van der Waals surface area contributed by atoms with E-state index in [0.717, 1.165) is 17.1 Å². The average Bonchev–Trinajstić information content (AvgIpc) is 3.95. The number of para-hydroxylation sites is 1. The van der Waals surface area contributed by atoms with Crippen molar-refractivity contribution in [2.45, 2.75) is 0 Å². The number of benzene rings is 12. The number of nitrogens with zero attached hydrogens (tertiary/aromatic N) is 3. The lowest BCUT2D eigenvalue weighted by Gasteiger charge is -2.36. The lowest BCUT2D eigenvalue weighted by molar-refractivity contribution is 1.13. The monoisotopic (exact) mass is 909 g/mol. The van der Waals surface area contributed by atoms with Gasteiger partial charge in [-0.1, -0.05) is 194 Å². The molecule has 0 bridgehead atoms. The summed E-state index contributed by atoms with van der Waals surface area (Å²) in [4.78, 5) is 2.48. The topological polar surface area (TPSA) is 13.1 Å². The number of anilines is 3. The third kappa shape index (κ3) is 5.00. The van der Waals surface area contributed by atoms with Gasteiger partial charge in [0.25, 0.3) is 6.71 Å². The second-order valence-electron chi connectivity index (χ2n) is 19.9. The zero-order valence-corrected chi connectivity index (χ0v) is 39.0. The van der Waals surface area contributed by atoms with Crippen molar-refractivity contribution in [2.75, 3.05) is 4.90 Å². The van der Waals surface area contributed by atoms with Gasteiger partial charge >= 0.3 is 0 Å². The van der Waals surface area contributed by atoms with Gasteiger partial charge in [0.05, 0.1) is 22.2 Å². The first kappa shape index (κ1) is 38.5. The molecule has 0 atom stereocenters. The van der Waals surface area contributed by atoms with Crippen molar-refractivity contribution >= 4 is 105 Å². The summed E-state index contributed by atoms with van der Waals surface area (Å²) in [7, 11) is 0. The van der Waals surface area contributed by atoms with Crippen molar-refractivity contribution in [3.63, 3.8) is 0 Å². The summed E-state index contributed by atoms with van der Waals surface area (Å²) in [5.74, 6) is 0. The van der Waals surface area contributed by atoms with Gasteiger partial charge in [0.15, 0.2) is 0 Å². The first-order valence-corrected chi connectivity index (χ1v) is 25.1. The molecule has 0 spiro atoms. The third-order valence-electron chi connectivity index (χ3n) is 16.4. The standard InChI is InChI=1S/C68H40BN3/c1-3-13-41(14-4-1)43-25-31-47(32-26-43)70(48-33-27-44(28-34-48)42-15-5-2-6-16-42)49-39-60-66-61(40-49)72-59-38-30-46-18-11-22-53-51-20-9-10-21-52(51)54-35-36-57(68(72)64(54)65(59)62(46)53)69(66)56-24-12-23-55-63-50-19-8-7-17-45(50)29-37-58(63)71(60)67(55)56/h1-40H. The normalized spacial score (nSPS) is 12.7. The molecule has 0 radical (unpaired) electrons. The summed E-state index contributed by atoms with van der Waals surface area (Å²) in [6.07, 6.45) is 0. The first-order chi connectivity index (χ1) is 35.7. The molecule has 72 heavy (non-hydrogen) atoms. The Kier molecular flexibility index (Phi) is 7.55. The third-order valence-corrected chi connectivity index (χ3v) is 16.4. The van der Waals surface area contributed by atoms with E-state index >= 15 is 0 Å². The summed E-state index contributed by atoms with van der Waals surface area (Å²) < 4.78 is 5.28. The predicted octanol–water partition coefficient (Wildman–Crippen LogP) is 15.8. The summed E-state index contributed by atoms with van der Waals surface area (Å²) in [5, 5.41) is 10.4. The number of aromatic nitrogens is 2. The lowest BCUT2D eigenvalue weighted by atomic mass is 9.34. The van der Waals surface area contributed by atoms with E-state index in [9.17, 15) is 0 Å². The highest BCUT2D eigenvalue weighted by molar-refractivity contribution is 7.00. The van der Waals surface area contributed by atoms with Gasteiger partial charge < -0.3 is 14.0 Å². The predicted molar refractivity (Wildman–Crippen MR) is 305 cm³/mol. The molecule has 4 heteroatoms. The van der Waals surface area contributed by atoms with Gasteiger partial charge in [0.2, 0.25) is 0 Å². The molecule has 12 aromatic carbocycles. The van der Waals surface area contributed by atoms with Crippen LogP contribution in [0.5, 0.6) is 0 Å². The van der Waals surface area contributed by atoms with E-state index in [1.807, 2.05) is 0 Å². The van der Waals surface area contributed by atoms with Crippen LogP contribution < -0.4 is 21.3 Å². The quantitative estimate of drug-likeness (QED) is 0.157. The largest absolute Gasteiger partial charge is 0.310 e. The molecular weight excluding hydrogens is 870 g/mol. The van der Waals surface area contributed by atoms with Crippen molar-refractivity contribution in [3.05, 3.63) is 243 Å². The van der Waals surface area contributed by atoms with Crippen molar-refractivity contribution in [1.82, 2.24) is 9.13 Å². The zero-order valence-electron chi connectivity index (χ0n) is 39.0. The summed E-state index contributed by atoms with van der Waals surface area (Å²) in [6, 6.07) is 91.0. The number of hydrogen-bond acceptors (Lipinski definition) is 1. The van der Waals surface area contributed by atoms with Gasteiger partial charge in [-0.2, -0.15) is 0 Å². The highest BCUT2D eigenvalue weighted by Gasteiger charge is 2.42. The number of rotatable bonds is 5. The Morgan fingerprint density at radius 2 is 0.819 bits per heavy atom. The molecule has 2 aromatic heterocycles. The number of hydrogen-bond donors (Lipinski definition) is 0. The smallest absolute Gasteiger partial charge is 0.252 e. The molecule has 0 N–H and O–H groups in total. The van der Waals surface area contributed by atoms with Crippen LogP contribution in [0.1, 0.15) is 0 Å². The highest BCUT2D eigenvalue weighted by atomic mass is 15.2. The van der Waals surface area contributed by atoms with Crippen LogP contribution in [-0.4, -0.2) is 15.8 Å². The Morgan fingerprint density at radius 1 is 0.306 bits per heavy atom. The van der Waals surface area contributed by atoms with Crippen molar-refractivity contribution in [1.29, 1.82) is 0 Å². The average molecular weight is 910 g/mol. The molecule has 2 aliphatic heterocycles. The molecule has 14 aromatic rings. The zero-order chi connectivity index (χ0) is 46.8. The molecule has 0 unspecified atom stereocenters. The van der Waals surface area contributed by atoms with Gasteiger partial charge in [0.1, 0.15) is 0 Å². The molecule has 3 aliphatic rings. The second kappa shape index (κ2) is 14.1. The molecule has 0 saturated heterocycles. The van der Waals surface area contributed by atoms with Crippen LogP contribution in [0.15, 0.2) is 243 Å². The molecular formula is C68H40BN3. The second-order valence-corrected chi connectivity index (χ2v) is 19.9. The maximum Gasteiger partial charge on any atom is 0.252 e. The van der Waals surface area contributed by atoms with E-state index in [1.165, 1.54) is 137 Å². The van der Waals surface area contributed by atoms with E-state index in [2.05, 4.69) is 257 Å². The first-order valence-electron chi connectivity index (χ1n) is 25.1. The molecule has 0 fully saturated rings. The summed E-state index contributed by atoms with van der Waals surface area (Å²) >= 11 is 0. The minimum atomic E-state index is -0.00492. The Bertz CT molecular complexity index is 4580. The Balaban J connectivity index is 1.02. The Labute approximate surface area is 415 Å². The fourth-order valence-electron chi connectivity index (χ4n) is 13.5. The van der Waals surface area contributed by atoms with E-state index in [-0.39, 0.29) is 6.71 Å². The van der Waals surface area contributed by atoms with Gasteiger partial charge in [-0.3, -0.25) is 0 Å². The molecule has 0 amide bonds. The highest BCUT2D eigenvalue weighted by Crippen LogP contribution is 2.51. The van der Waals surface area contributed by atoms with Crippen LogP contribution in [0.4, 0.5) is 17.1 Å². The molecule has 17 rings (SSSR count). The van der Waals surface area contributed by atoms with Gasteiger partial charge in [-0.25, -0.2) is 0 Å². The fourth-order valence-corrected chi connectivity index (χ4v) is 13.5. The van der Waals surface area contributed by atoms with E-state index < -0.39 is 0 Å². The Morgan fingerprint density at radius 3 is 1.51 bits per heavy atom. The van der Waals surface area contributed by atoms with E-state index in [4.69, 9.17) is 0 Å². The Hall–Kier alpha value is -9.38. The maximum atomic E-state index is 2.66. The van der Waals surface area contributed by atoms with Crippen LogP contribution >= 0.6 is 0 Å². The molecule has 3 nitrogen and oxygen atoms in total. The van der Waals surface area contributed by atoms with Crippen LogP contribution in [0, 0.1) is 0 Å². The van der Waals surface area contributed by atoms with Crippen LogP contribution in [-0.2, 0) is 0 Å². The van der Waals surface area contributed by atoms with Gasteiger partial charge in [-0.05, 0) is 131 Å². The summed E-state index contributed by atoms with van der Waals surface area (Å²) in [6.45, 7) is -0.00492. The maximum absolute atomic E-state index is 2.66. The molecule has 4 heterocycles. The fraction of sp³-hybridized carbons (Fsp3) is 0. The van der Waals surface area contributed by atoms with Gasteiger partial charge in [-0.15, -0.1) is 0 Å². The van der Waals surface area contributed by atoms with Gasteiger partial charge in [0, 0.05) is 49.8 Å². The molecule has 0 saturated carbocycles. The molecule has 1 aliphatic carbocycles. The van der Waals surface area contributed by atoms with Crippen molar-refractivity contribution in [3.8, 4) is 55.9 Å². The number of fused-ring (bicyclic) bond motifs is 13. The minimum Gasteiger partial charge on any atom is -0.310 e. The minimum absolute atomic E-state index is 0.00492. The van der Waals surface area contributed by atoms with Crippen LogP contribution in [0.2, 0.25) is 0 Å². The lowest BCUT2D eigenvalue weighted by Crippen LogP contribution is -2.59. The summed E-state index contributed by atoms with van der Waals surface area (Å²) in [5.41, 5.74) is 24.8.